The maximum atomic E-state index is 10.8. The van der Waals surface area contributed by atoms with Crippen molar-refractivity contribution < 1.29 is 0 Å². The molecule has 9 heteroatoms. The van der Waals surface area contributed by atoms with Gasteiger partial charge in [-0.1, -0.05) is 24.3 Å². The zero-order valence-corrected chi connectivity index (χ0v) is 12.8. The summed E-state index contributed by atoms with van der Waals surface area (Å²) < 4.78 is 0.254. The summed E-state index contributed by atoms with van der Waals surface area (Å²) in [6, 6.07) is 8.36. The Hall–Kier alpha value is -1.50. The van der Waals surface area contributed by atoms with E-state index >= 15 is 0 Å². The Morgan fingerprint density at radius 2 is 0.950 bits per heavy atom. The highest BCUT2D eigenvalue weighted by Gasteiger charge is 2.10. The minimum Gasteiger partial charge on any atom is -0.244 e. The highest BCUT2D eigenvalue weighted by atomic mass is 35.5. The first-order valence-electron chi connectivity index (χ1n) is 5.29. The predicted octanol–water partition coefficient (Wildman–Crippen LogP) is 1.48. The summed E-state index contributed by atoms with van der Waals surface area (Å²) in [7, 11) is 0. The van der Waals surface area contributed by atoms with E-state index in [1.807, 2.05) is 0 Å². The Morgan fingerprint density at radius 3 is 1.15 bits per heavy atom. The lowest BCUT2D eigenvalue weighted by molar-refractivity contribution is 0.770. The van der Waals surface area contributed by atoms with Crippen LogP contribution in [0.4, 0.5) is 0 Å². The average molecular weight is 339 g/mol. The zero-order valence-electron chi connectivity index (χ0n) is 10.5. The van der Waals surface area contributed by atoms with E-state index in [0.717, 1.165) is 0 Å². The second-order valence-corrected chi connectivity index (χ2v) is 4.79. The quantitative estimate of drug-likeness (QED) is 0.731. The first kappa shape index (κ1) is 16.6. The Kier molecular flexibility index (Phi) is 5.62. The van der Waals surface area contributed by atoms with E-state index in [9.17, 15) is 14.4 Å². The van der Waals surface area contributed by atoms with Crippen LogP contribution in [0.1, 0.15) is 11.1 Å². The van der Waals surface area contributed by atoms with Crippen molar-refractivity contribution in [1.82, 2.24) is 12.3 Å². The molecular formula is C11H10Cl3N3O3. The molecule has 1 heterocycles. The van der Waals surface area contributed by atoms with Crippen molar-refractivity contribution >= 4 is 35.3 Å². The van der Waals surface area contributed by atoms with Gasteiger partial charge in [0.1, 0.15) is 0 Å². The zero-order chi connectivity index (χ0) is 15.4. The maximum absolute atomic E-state index is 10.8. The summed E-state index contributed by atoms with van der Waals surface area (Å²) in [4.78, 5) is 32.3. The third-order valence-electron chi connectivity index (χ3n) is 2.43. The van der Waals surface area contributed by atoms with Gasteiger partial charge in [-0.25, -0.2) is 14.4 Å². The van der Waals surface area contributed by atoms with Gasteiger partial charge in [0.25, 0.3) is 0 Å². The molecule has 0 atom stereocenters. The molecule has 0 fully saturated rings. The maximum Gasteiger partial charge on any atom is 0.366 e. The lowest BCUT2D eigenvalue weighted by atomic mass is 10.1. The smallest absolute Gasteiger partial charge is 0.244 e. The van der Waals surface area contributed by atoms with Gasteiger partial charge in [0.2, 0.25) is 0 Å². The highest BCUT2D eigenvalue weighted by molar-refractivity contribution is 6.19. The van der Waals surface area contributed by atoms with Crippen molar-refractivity contribution in [2.45, 2.75) is 13.8 Å². The molecule has 20 heavy (non-hydrogen) atoms. The average Bonchev–Trinajstić information content (AvgIpc) is 2.45. The van der Waals surface area contributed by atoms with Gasteiger partial charge in [0.05, 0.1) is 0 Å². The molecule has 0 aliphatic carbocycles. The number of aryl methyl sites for hydroxylation is 2. The van der Waals surface area contributed by atoms with Crippen molar-refractivity contribution in [3.05, 3.63) is 66.8 Å². The van der Waals surface area contributed by atoms with E-state index in [2.05, 4.69) is 38.1 Å². The van der Waals surface area contributed by atoms with Crippen LogP contribution in [0.15, 0.2) is 38.6 Å². The van der Waals surface area contributed by atoms with Gasteiger partial charge in [-0.15, -0.1) is 12.3 Å². The van der Waals surface area contributed by atoms with E-state index in [1.165, 1.54) is 11.1 Å². The molecule has 0 amide bonds. The molecule has 1 aromatic carbocycles. The van der Waals surface area contributed by atoms with Gasteiger partial charge in [-0.05, 0) is 25.0 Å². The normalized spacial score (nSPS) is 9.85. The molecule has 0 aliphatic heterocycles. The summed E-state index contributed by atoms with van der Waals surface area (Å²) >= 11 is 15.3. The Bertz CT molecular complexity index is 669. The van der Waals surface area contributed by atoms with Crippen LogP contribution in [0.25, 0.3) is 0 Å². The van der Waals surface area contributed by atoms with E-state index in [4.69, 9.17) is 35.3 Å². The van der Waals surface area contributed by atoms with Gasteiger partial charge in [0, 0.05) is 35.3 Å². The van der Waals surface area contributed by atoms with Gasteiger partial charge in [0.15, 0.2) is 0 Å². The number of halogens is 3. The molecule has 0 saturated heterocycles. The number of rotatable bonds is 0. The van der Waals surface area contributed by atoms with Gasteiger partial charge in [-0.2, -0.15) is 0 Å². The second-order valence-electron chi connectivity index (χ2n) is 3.77. The van der Waals surface area contributed by atoms with Crippen LogP contribution in [0, 0.1) is 13.8 Å². The molecular weight excluding hydrogens is 328 g/mol. The molecule has 0 radical (unpaired) electrons. The first-order chi connectivity index (χ1) is 9.27. The number of benzene rings is 1. The molecule has 0 saturated carbocycles. The highest BCUT2D eigenvalue weighted by Crippen LogP contribution is 2.02. The topological polar surface area (TPSA) is 66.0 Å². The van der Waals surface area contributed by atoms with Gasteiger partial charge >= 0.3 is 17.1 Å². The molecule has 0 bridgehead atoms. The van der Waals surface area contributed by atoms with E-state index in [-0.39, 0.29) is 12.3 Å². The van der Waals surface area contributed by atoms with Crippen LogP contribution >= 0.6 is 35.3 Å². The lowest BCUT2D eigenvalue weighted by Crippen LogP contribution is -2.47. The molecule has 6 nitrogen and oxygen atoms in total. The number of hydrogen-bond donors (Lipinski definition) is 0. The fourth-order valence-electron chi connectivity index (χ4n) is 1.14. The SMILES string of the molecule is Cc1ccccc1C.O=c1n(Cl)c(=O)n(Cl)c(=O)n1Cl. The Morgan fingerprint density at radius 1 is 0.700 bits per heavy atom. The third kappa shape index (κ3) is 3.53. The molecule has 0 spiro atoms. The van der Waals surface area contributed by atoms with Crippen molar-refractivity contribution in [3.63, 3.8) is 0 Å². The lowest BCUT2D eigenvalue weighted by Gasteiger charge is -1.96. The summed E-state index contributed by atoms with van der Waals surface area (Å²) in [6.45, 7) is 4.24. The Labute approximate surface area is 128 Å². The van der Waals surface area contributed by atoms with Crippen LogP contribution in [-0.4, -0.2) is 12.3 Å². The van der Waals surface area contributed by atoms with Crippen LogP contribution in [-0.2, 0) is 0 Å². The molecule has 0 N–H and O–H groups in total. The molecule has 0 aliphatic rings. The van der Waals surface area contributed by atoms with Crippen LogP contribution < -0.4 is 17.1 Å². The standard InChI is InChI=1S/C8H10.C3Cl3N3O3/c1-7-5-3-4-6-8(7)2;4-7-1(10)8(5)3(12)9(6)2(7)11/h3-6H,1-2H3;. The number of hydrogen-bond acceptors (Lipinski definition) is 3. The van der Waals surface area contributed by atoms with Crippen molar-refractivity contribution in [1.29, 1.82) is 0 Å². The van der Waals surface area contributed by atoms with Gasteiger partial charge in [-0.3, -0.25) is 0 Å². The summed E-state index contributed by atoms with van der Waals surface area (Å²) in [5, 5.41) is 0. The Balaban J connectivity index is 0.000000217. The van der Waals surface area contributed by atoms with Crippen LogP contribution in [0.5, 0.6) is 0 Å². The minimum absolute atomic E-state index is 0.0847. The van der Waals surface area contributed by atoms with Crippen molar-refractivity contribution in [2.75, 3.05) is 0 Å². The fraction of sp³-hybridized carbons (Fsp3) is 0.182. The predicted molar refractivity (Wildman–Crippen MR) is 78.9 cm³/mol. The van der Waals surface area contributed by atoms with Crippen molar-refractivity contribution in [3.8, 4) is 0 Å². The molecule has 108 valence electrons. The first-order valence-corrected chi connectivity index (χ1v) is 6.30. The summed E-state index contributed by atoms with van der Waals surface area (Å²) in [5.74, 6) is 0. The number of aromatic nitrogens is 3. The molecule has 2 rings (SSSR count). The summed E-state index contributed by atoms with van der Waals surface area (Å²) in [5.41, 5.74) is -0.749. The van der Waals surface area contributed by atoms with E-state index in [1.54, 1.807) is 0 Å². The number of nitrogens with zero attached hydrogens (tertiary/aromatic N) is 3. The van der Waals surface area contributed by atoms with E-state index in [0.29, 0.717) is 0 Å². The fourth-order valence-corrected chi connectivity index (χ4v) is 1.71. The molecule has 2 aromatic rings. The second kappa shape index (κ2) is 6.78. The van der Waals surface area contributed by atoms with Crippen molar-refractivity contribution in [2.24, 2.45) is 0 Å². The van der Waals surface area contributed by atoms with Crippen LogP contribution in [0.3, 0.4) is 0 Å². The molecule has 0 unspecified atom stereocenters. The summed E-state index contributed by atoms with van der Waals surface area (Å²) in [6.07, 6.45) is 0. The minimum atomic E-state index is -1.16. The van der Waals surface area contributed by atoms with E-state index < -0.39 is 17.1 Å². The molecule has 1 aromatic heterocycles. The monoisotopic (exact) mass is 337 g/mol. The largest absolute Gasteiger partial charge is 0.366 e. The van der Waals surface area contributed by atoms with Crippen LogP contribution in [0.2, 0.25) is 0 Å². The van der Waals surface area contributed by atoms with Gasteiger partial charge < -0.3 is 0 Å². The third-order valence-corrected chi connectivity index (χ3v) is 3.30.